The number of pyridine rings is 1. The van der Waals surface area contributed by atoms with E-state index in [2.05, 4.69) is 32.4 Å². The van der Waals surface area contributed by atoms with Crippen LogP contribution in [0.1, 0.15) is 37.8 Å². The smallest absolute Gasteiger partial charge is 0.410 e. The lowest BCUT2D eigenvalue weighted by molar-refractivity contribution is 0.0270. The van der Waals surface area contributed by atoms with Crippen molar-refractivity contribution in [2.75, 3.05) is 25.5 Å². The summed E-state index contributed by atoms with van der Waals surface area (Å²) in [4.78, 5) is 28.9. The van der Waals surface area contributed by atoms with Gasteiger partial charge in [0, 0.05) is 55.4 Å². The number of allylic oxidation sites excluding steroid dienone is 1. The Bertz CT molecular complexity index is 1370. The Labute approximate surface area is 213 Å². The number of H-pyrrole nitrogens is 1. The van der Waals surface area contributed by atoms with Gasteiger partial charge in [0.25, 0.3) is 0 Å². The number of aliphatic hydroxyl groups excluding tert-OH is 1. The van der Waals surface area contributed by atoms with E-state index >= 15 is 0 Å². The van der Waals surface area contributed by atoms with E-state index in [0.717, 1.165) is 50.6 Å². The number of aromatic amines is 1. The van der Waals surface area contributed by atoms with Gasteiger partial charge in [-0.25, -0.2) is 9.78 Å². The number of carbonyl (C=O) groups is 1. The van der Waals surface area contributed by atoms with E-state index in [9.17, 15) is 9.90 Å². The molecule has 0 bridgehead atoms. The summed E-state index contributed by atoms with van der Waals surface area (Å²) in [7, 11) is 1.84. The van der Waals surface area contributed by atoms with Gasteiger partial charge in [-0.3, -0.25) is 4.98 Å². The first-order chi connectivity index (χ1) is 17.2. The molecule has 5 rings (SSSR count). The molecule has 0 saturated carbocycles. The largest absolute Gasteiger partial charge is 0.444 e. The predicted molar refractivity (Wildman–Crippen MR) is 142 cm³/mol. The van der Waals surface area contributed by atoms with Gasteiger partial charge in [-0.1, -0.05) is 6.08 Å². The zero-order valence-corrected chi connectivity index (χ0v) is 21.6. The number of carbonyl (C=O) groups excluding carboxylic acids is 1. The maximum Gasteiger partial charge on any atom is 0.410 e. The SMILES string of the molecule is CN1C=C(Nc2ccnc3[nH]c(C4=CCN(C(=O)OC(C)(C)C)CC4)cc23)C=C(c2cncs2)C1O. The highest BCUT2D eigenvalue weighted by Gasteiger charge is 2.25. The molecule has 10 heteroatoms. The second kappa shape index (κ2) is 9.44. The number of anilines is 1. The molecule has 3 aromatic heterocycles. The highest BCUT2D eigenvalue weighted by molar-refractivity contribution is 7.10. The number of hydrogen-bond donors (Lipinski definition) is 3. The molecule has 1 amide bonds. The third-order valence-electron chi connectivity index (χ3n) is 6.05. The Morgan fingerprint density at radius 1 is 1.36 bits per heavy atom. The summed E-state index contributed by atoms with van der Waals surface area (Å²) in [5.74, 6) is 0. The molecule has 188 valence electrons. The molecule has 2 aliphatic rings. The van der Waals surface area contributed by atoms with E-state index in [1.54, 1.807) is 27.7 Å². The number of ether oxygens (including phenoxy) is 1. The van der Waals surface area contributed by atoms with Gasteiger partial charge in [-0.05, 0) is 51.0 Å². The molecule has 0 saturated heterocycles. The summed E-state index contributed by atoms with van der Waals surface area (Å²) >= 11 is 1.49. The van der Waals surface area contributed by atoms with Gasteiger partial charge >= 0.3 is 6.09 Å². The fraction of sp³-hybridized carbons (Fsp3) is 0.346. The second-order valence-corrected chi connectivity index (χ2v) is 10.8. The first kappa shape index (κ1) is 24.1. The first-order valence-electron chi connectivity index (χ1n) is 11.8. The average Bonchev–Trinajstić information content (AvgIpc) is 3.51. The molecular formula is C26H30N6O3S. The zero-order valence-electron chi connectivity index (χ0n) is 20.8. The van der Waals surface area contributed by atoms with Gasteiger partial charge < -0.3 is 29.9 Å². The molecule has 2 aliphatic heterocycles. The Morgan fingerprint density at radius 3 is 2.89 bits per heavy atom. The fourth-order valence-electron chi connectivity index (χ4n) is 4.28. The maximum atomic E-state index is 12.4. The van der Waals surface area contributed by atoms with Crippen LogP contribution in [-0.4, -0.2) is 67.9 Å². The lowest BCUT2D eigenvalue weighted by atomic mass is 10.0. The van der Waals surface area contributed by atoms with Crippen LogP contribution < -0.4 is 5.32 Å². The molecule has 0 aliphatic carbocycles. The predicted octanol–water partition coefficient (Wildman–Crippen LogP) is 4.64. The number of fused-ring (bicyclic) bond motifs is 1. The molecule has 9 nitrogen and oxygen atoms in total. The van der Waals surface area contributed by atoms with Crippen molar-refractivity contribution in [2.24, 2.45) is 0 Å². The molecule has 0 radical (unpaired) electrons. The molecule has 5 heterocycles. The Hall–Kier alpha value is -3.63. The number of nitrogens with zero attached hydrogens (tertiary/aromatic N) is 4. The molecule has 1 atom stereocenters. The van der Waals surface area contributed by atoms with E-state index in [-0.39, 0.29) is 6.09 Å². The van der Waals surface area contributed by atoms with Crippen LogP contribution >= 0.6 is 11.3 Å². The Balaban J connectivity index is 1.37. The topological polar surface area (TPSA) is 107 Å². The van der Waals surface area contributed by atoms with Gasteiger partial charge in [-0.15, -0.1) is 11.3 Å². The quantitative estimate of drug-likeness (QED) is 0.473. The lowest BCUT2D eigenvalue weighted by Gasteiger charge is -2.29. The van der Waals surface area contributed by atoms with Gasteiger partial charge in [0.1, 0.15) is 11.2 Å². The number of amides is 1. The summed E-state index contributed by atoms with van der Waals surface area (Å²) in [6, 6.07) is 4.03. The van der Waals surface area contributed by atoms with Crippen molar-refractivity contribution in [3.63, 3.8) is 0 Å². The molecule has 3 N–H and O–H groups in total. The van der Waals surface area contributed by atoms with Crippen molar-refractivity contribution in [1.82, 2.24) is 24.8 Å². The highest BCUT2D eigenvalue weighted by Crippen LogP contribution is 2.32. The minimum Gasteiger partial charge on any atom is -0.444 e. The van der Waals surface area contributed by atoms with Gasteiger partial charge in [0.2, 0.25) is 0 Å². The number of nitrogens with one attached hydrogen (secondary N) is 2. The third kappa shape index (κ3) is 5.00. The Morgan fingerprint density at radius 2 is 2.19 bits per heavy atom. The molecular weight excluding hydrogens is 476 g/mol. The minimum atomic E-state index is -0.731. The van der Waals surface area contributed by atoms with Crippen molar-refractivity contribution in [1.29, 1.82) is 0 Å². The number of thiazole rings is 1. The van der Waals surface area contributed by atoms with Crippen LogP contribution in [0.4, 0.5) is 10.5 Å². The van der Waals surface area contributed by atoms with E-state index in [4.69, 9.17) is 4.74 Å². The van der Waals surface area contributed by atoms with E-state index < -0.39 is 11.8 Å². The van der Waals surface area contributed by atoms with Crippen LogP contribution in [-0.2, 0) is 4.74 Å². The molecule has 3 aromatic rings. The van der Waals surface area contributed by atoms with Gasteiger partial charge in [-0.2, -0.15) is 0 Å². The van der Waals surface area contributed by atoms with Gasteiger partial charge in [0.15, 0.2) is 6.23 Å². The zero-order chi connectivity index (χ0) is 25.4. The van der Waals surface area contributed by atoms with Crippen molar-refractivity contribution < 1.29 is 14.6 Å². The molecule has 0 fully saturated rings. The lowest BCUT2D eigenvalue weighted by Crippen LogP contribution is -2.39. The van der Waals surface area contributed by atoms with Crippen LogP contribution in [0.25, 0.3) is 22.2 Å². The standard InChI is InChI=1S/C26H30N6O3S/c1-26(2,3)35-25(34)32-9-6-16(7-10-32)21-12-18-20(5-8-28-23(18)30-21)29-17-11-19(22-13-27-15-36-22)24(33)31(4)14-17/h5-6,8,11-15,24,33H,7,9-10H2,1-4H3,(H2,28,29,30). The molecule has 1 unspecified atom stereocenters. The van der Waals surface area contributed by atoms with Crippen LogP contribution in [0.5, 0.6) is 0 Å². The average molecular weight is 507 g/mol. The summed E-state index contributed by atoms with van der Waals surface area (Å²) in [6.07, 6.45) is 9.13. The summed E-state index contributed by atoms with van der Waals surface area (Å²) < 4.78 is 5.50. The third-order valence-corrected chi connectivity index (χ3v) is 6.87. The van der Waals surface area contributed by atoms with Crippen molar-refractivity contribution >= 4 is 45.3 Å². The van der Waals surface area contributed by atoms with Crippen molar-refractivity contribution in [3.8, 4) is 0 Å². The monoisotopic (exact) mass is 506 g/mol. The summed E-state index contributed by atoms with van der Waals surface area (Å²) in [5.41, 5.74) is 6.72. The highest BCUT2D eigenvalue weighted by atomic mass is 32.1. The van der Waals surface area contributed by atoms with Crippen LogP contribution in [0, 0.1) is 0 Å². The van der Waals surface area contributed by atoms with E-state index in [0.29, 0.717) is 13.1 Å². The maximum absolute atomic E-state index is 12.4. The number of likely N-dealkylation sites (N-methyl/N-ethyl adjacent to an activating group) is 1. The molecule has 0 spiro atoms. The summed E-state index contributed by atoms with van der Waals surface area (Å²) in [6.45, 7) is 6.72. The minimum absolute atomic E-state index is 0.288. The van der Waals surface area contributed by atoms with Crippen LogP contribution in [0.2, 0.25) is 0 Å². The van der Waals surface area contributed by atoms with Crippen molar-refractivity contribution in [3.05, 3.63) is 64.7 Å². The van der Waals surface area contributed by atoms with Crippen LogP contribution in [0.15, 0.2) is 54.1 Å². The fourth-order valence-corrected chi connectivity index (χ4v) is 4.94. The number of hydrogen-bond acceptors (Lipinski definition) is 8. The Kier molecular flexibility index (Phi) is 6.31. The molecule has 36 heavy (non-hydrogen) atoms. The summed E-state index contributed by atoms with van der Waals surface area (Å²) in [5, 5.41) is 15.1. The number of aliphatic hydroxyl groups is 1. The van der Waals surface area contributed by atoms with Gasteiger partial charge in [0.05, 0.1) is 21.8 Å². The first-order valence-corrected chi connectivity index (χ1v) is 12.7. The van der Waals surface area contributed by atoms with Crippen LogP contribution in [0.3, 0.4) is 0 Å². The molecule has 0 aromatic carbocycles. The number of aromatic nitrogens is 3. The normalized spacial score (nSPS) is 18.6. The number of rotatable bonds is 4. The van der Waals surface area contributed by atoms with Crippen molar-refractivity contribution in [2.45, 2.75) is 39.0 Å². The van der Waals surface area contributed by atoms with E-state index in [1.165, 1.54) is 11.3 Å². The second-order valence-electron chi connectivity index (χ2n) is 9.92. The van der Waals surface area contributed by atoms with E-state index in [1.807, 2.05) is 46.2 Å².